The second-order valence-electron chi connectivity index (χ2n) is 3.81. The fraction of sp³-hybridized carbons (Fsp3) is 0.455. The zero-order valence-corrected chi connectivity index (χ0v) is 8.80. The summed E-state index contributed by atoms with van der Waals surface area (Å²) in [6.45, 7) is 4.13. The Balaban J connectivity index is 3.06. The molecule has 0 aliphatic carbocycles. The van der Waals surface area contributed by atoms with Gasteiger partial charge in [-0.3, -0.25) is 0 Å². The number of halogens is 1. The molecule has 0 aromatic heterocycles. The third-order valence-electron chi connectivity index (χ3n) is 2.25. The van der Waals surface area contributed by atoms with Crippen molar-refractivity contribution < 1.29 is 9.13 Å². The van der Waals surface area contributed by atoms with Gasteiger partial charge < -0.3 is 10.5 Å². The summed E-state index contributed by atoms with van der Waals surface area (Å²) >= 11 is 0. The van der Waals surface area contributed by atoms with Gasteiger partial charge in [0.05, 0.1) is 12.1 Å². The van der Waals surface area contributed by atoms with Crippen molar-refractivity contribution in [3.63, 3.8) is 0 Å². The maximum Gasteiger partial charge on any atom is 0.123 e. The molecule has 3 heteroatoms. The van der Waals surface area contributed by atoms with Gasteiger partial charge in [-0.2, -0.15) is 0 Å². The van der Waals surface area contributed by atoms with Crippen LogP contribution < -0.4 is 5.73 Å². The van der Waals surface area contributed by atoms with E-state index >= 15 is 0 Å². The first-order valence-corrected chi connectivity index (χ1v) is 4.52. The van der Waals surface area contributed by atoms with E-state index in [0.717, 1.165) is 11.1 Å². The Bertz CT molecular complexity index is 323. The Morgan fingerprint density at radius 2 is 2.14 bits per heavy atom. The Morgan fingerprint density at radius 3 is 2.64 bits per heavy atom. The van der Waals surface area contributed by atoms with Crippen molar-refractivity contribution in [3.8, 4) is 0 Å². The highest BCUT2D eigenvalue weighted by Gasteiger charge is 2.22. The first-order chi connectivity index (χ1) is 6.47. The molecule has 14 heavy (non-hydrogen) atoms. The molecular weight excluding hydrogens is 181 g/mol. The van der Waals surface area contributed by atoms with Crippen LogP contribution in [0.2, 0.25) is 0 Å². The first-order valence-electron chi connectivity index (χ1n) is 4.52. The first kappa shape index (κ1) is 11.1. The molecule has 2 N–H and O–H groups in total. The number of hydrogen-bond donors (Lipinski definition) is 1. The quantitative estimate of drug-likeness (QED) is 0.803. The SMILES string of the molecule is COCC(C)(N)c1ccc(F)cc1C. The number of nitrogens with two attached hydrogens (primary N) is 1. The standard InChI is InChI=1S/C11H16FNO/c1-8-6-9(12)4-5-10(8)11(2,13)7-14-3/h4-6H,7,13H2,1-3H3. The summed E-state index contributed by atoms with van der Waals surface area (Å²) in [5.41, 5.74) is 7.26. The molecule has 78 valence electrons. The van der Waals surface area contributed by atoms with Crippen LogP contribution in [0.15, 0.2) is 18.2 Å². The van der Waals surface area contributed by atoms with E-state index in [1.54, 1.807) is 13.2 Å². The van der Waals surface area contributed by atoms with Gasteiger partial charge in [-0.05, 0) is 37.1 Å². The maximum atomic E-state index is 12.8. The van der Waals surface area contributed by atoms with E-state index in [4.69, 9.17) is 10.5 Å². The topological polar surface area (TPSA) is 35.2 Å². The lowest BCUT2D eigenvalue weighted by molar-refractivity contribution is 0.140. The molecule has 1 aromatic carbocycles. The second-order valence-corrected chi connectivity index (χ2v) is 3.81. The highest BCUT2D eigenvalue weighted by molar-refractivity contribution is 5.32. The number of benzene rings is 1. The number of ether oxygens (including phenoxy) is 1. The summed E-state index contributed by atoms with van der Waals surface area (Å²) in [6, 6.07) is 4.61. The molecule has 0 saturated carbocycles. The van der Waals surface area contributed by atoms with Crippen LogP contribution in [0.1, 0.15) is 18.1 Å². The third-order valence-corrected chi connectivity index (χ3v) is 2.25. The predicted molar refractivity (Wildman–Crippen MR) is 54.6 cm³/mol. The highest BCUT2D eigenvalue weighted by Crippen LogP contribution is 2.22. The van der Waals surface area contributed by atoms with E-state index in [-0.39, 0.29) is 5.82 Å². The average molecular weight is 197 g/mol. The van der Waals surface area contributed by atoms with Crippen molar-refractivity contribution in [3.05, 3.63) is 35.1 Å². The van der Waals surface area contributed by atoms with Crippen LogP contribution in [-0.2, 0) is 10.3 Å². The fourth-order valence-electron chi connectivity index (χ4n) is 1.65. The summed E-state index contributed by atoms with van der Waals surface area (Å²) < 4.78 is 17.9. The highest BCUT2D eigenvalue weighted by atomic mass is 19.1. The average Bonchev–Trinajstić information content (AvgIpc) is 2.02. The maximum absolute atomic E-state index is 12.8. The van der Waals surface area contributed by atoms with Crippen LogP contribution in [-0.4, -0.2) is 13.7 Å². The van der Waals surface area contributed by atoms with E-state index < -0.39 is 5.54 Å². The van der Waals surface area contributed by atoms with Crippen molar-refractivity contribution in [2.75, 3.05) is 13.7 Å². The normalized spacial score (nSPS) is 15.2. The molecule has 0 spiro atoms. The lowest BCUT2D eigenvalue weighted by atomic mass is 9.90. The van der Waals surface area contributed by atoms with Gasteiger partial charge in [0.2, 0.25) is 0 Å². The predicted octanol–water partition coefficient (Wildman–Crippen LogP) is 1.95. The Morgan fingerprint density at radius 1 is 1.50 bits per heavy atom. The number of aryl methyl sites for hydroxylation is 1. The molecule has 0 aliphatic heterocycles. The zero-order valence-electron chi connectivity index (χ0n) is 8.80. The number of hydrogen-bond acceptors (Lipinski definition) is 2. The van der Waals surface area contributed by atoms with Crippen LogP contribution >= 0.6 is 0 Å². The molecule has 2 nitrogen and oxygen atoms in total. The summed E-state index contributed by atoms with van der Waals surface area (Å²) in [6.07, 6.45) is 0. The summed E-state index contributed by atoms with van der Waals surface area (Å²) in [5, 5.41) is 0. The Kier molecular flexibility index (Phi) is 3.24. The van der Waals surface area contributed by atoms with E-state index in [1.807, 2.05) is 13.8 Å². The van der Waals surface area contributed by atoms with Crippen LogP contribution in [0, 0.1) is 12.7 Å². The lowest BCUT2D eigenvalue weighted by Gasteiger charge is -2.26. The van der Waals surface area contributed by atoms with Crippen molar-refractivity contribution in [2.45, 2.75) is 19.4 Å². The molecule has 1 aromatic rings. The van der Waals surface area contributed by atoms with E-state index in [0.29, 0.717) is 6.61 Å². The smallest absolute Gasteiger partial charge is 0.123 e. The van der Waals surface area contributed by atoms with Crippen molar-refractivity contribution in [1.82, 2.24) is 0 Å². The Hall–Kier alpha value is -0.930. The van der Waals surface area contributed by atoms with E-state index in [1.165, 1.54) is 12.1 Å². The number of rotatable bonds is 3. The van der Waals surface area contributed by atoms with Gasteiger partial charge in [-0.25, -0.2) is 4.39 Å². The minimum Gasteiger partial charge on any atom is -0.382 e. The van der Waals surface area contributed by atoms with Gasteiger partial charge >= 0.3 is 0 Å². The van der Waals surface area contributed by atoms with Crippen LogP contribution in [0.3, 0.4) is 0 Å². The van der Waals surface area contributed by atoms with Gasteiger partial charge in [0.15, 0.2) is 0 Å². The number of methoxy groups -OCH3 is 1. The molecule has 0 heterocycles. The van der Waals surface area contributed by atoms with Crippen LogP contribution in [0.4, 0.5) is 4.39 Å². The van der Waals surface area contributed by atoms with Gasteiger partial charge in [0.1, 0.15) is 5.82 Å². The molecule has 1 unspecified atom stereocenters. The monoisotopic (exact) mass is 197 g/mol. The molecule has 0 saturated heterocycles. The van der Waals surface area contributed by atoms with E-state index in [9.17, 15) is 4.39 Å². The van der Waals surface area contributed by atoms with Crippen molar-refractivity contribution >= 4 is 0 Å². The summed E-state index contributed by atoms with van der Waals surface area (Å²) in [7, 11) is 1.60. The van der Waals surface area contributed by atoms with Crippen molar-refractivity contribution in [2.24, 2.45) is 5.73 Å². The molecule has 0 aliphatic rings. The molecular formula is C11H16FNO. The molecule has 0 amide bonds. The van der Waals surface area contributed by atoms with Gasteiger partial charge in [-0.15, -0.1) is 0 Å². The van der Waals surface area contributed by atoms with Crippen LogP contribution in [0.25, 0.3) is 0 Å². The Labute approximate surface area is 83.9 Å². The van der Waals surface area contributed by atoms with Crippen molar-refractivity contribution in [1.29, 1.82) is 0 Å². The zero-order chi connectivity index (χ0) is 10.8. The third kappa shape index (κ3) is 2.30. The largest absolute Gasteiger partial charge is 0.382 e. The lowest BCUT2D eigenvalue weighted by Crippen LogP contribution is -2.38. The second kappa shape index (κ2) is 4.07. The molecule has 1 rings (SSSR count). The van der Waals surface area contributed by atoms with Gasteiger partial charge in [0, 0.05) is 7.11 Å². The van der Waals surface area contributed by atoms with E-state index in [2.05, 4.69) is 0 Å². The molecule has 1 atom stereocenters. The fourth-order valence-corrected chi connectivity index (χ4v) is 1.65. The van der Waals surface area contributed by atoms with Gasteiger partial charge in [-0.1, -0.05) is 6.07 Å². The molecule has 0 bridgehead atoms. The molecule has 0 fully saturated rings. The minimum absolute atomic E-state index is 0.237. The summed E-state index contributed by atoms with van der Waals surface area (Å²) in [5.74, 6) is -0.237. The van der Waals surface area contributed by atoms with Crippen LogP contribution in [0.5, 0.6) is 0 Å². The summed E-state index contributed by atoms with van der Waals surface area (Å²) in [4.78, 5) is 0. The van der Waals surface area contributed by atoms with Gasteiger partial charge in [0.25, 0.3) is 0 Å². The molecule has 0 radical (unpaired) electrons. The minimum atomic E-state index is -0.563.